The van der Waals surface area contributed by atoms with Crippen LogP contribution in [0.15, 0.2) is 96.6 Å². The minimum Gasteiger partial charge on any atom is -0.406 e. The topological polar surface area (TPSA) is 38.3 Å². The minimum atomic E-state index is -4.76. The van der Waals surface area contributed by atoms with Gasteiger partial charge in [-0.05, 0) is 35.4 Å². The van der Waals surface area contributed by atoms with Crippen LogP contribution in [0.4, 0.5) is 18.9 Å². The zero-order valence-corrected chi connectivity index (χ0v) is 17.8. The molecule has 158 valence electrons. The van der Waals surface area contributed by atoms with Crippen molar-refractivity contribution >= 4 is 34.6 Å². The second-order valence-corrected chi connectivity index (χ2v) is 9.96. The van der Waals surface area contributed by atoms with Crippen LogP contribution >= 0.6 is 19.1 Å². The van der Waals surface area contributed by atoms with E-state index in [1.54, 1.807) is 11.6 Å². The van der Waals surface area contributed by atoms with Crippen LogP contribution in [0.5, 0.6) is 5.75 Å². The van der Waals surface area contributed by atoms with Crippen LogP contribution in [0.25, 0.3) is 9.81 Å². The molecule has 0 spiro atoms. The van der Waals surface area contributed by atoms with Gasteiger partial charge < -0.3 is 9.82 Å². The largest absolute Gasteiger partial charge is 0.573 e. The van der Waals surface area contributed by atoms with E-state index in [-0.39, 0.29) is 5.75 Å². The number of hydrogen-bond acceptors (Lipinski definition) is 3. The smallest absolute Gasteiger partial charge is 0.406 e. The van der Waals surface area contributed by atoms with Crippen molar-refractivity contribution in [2.45, 2.75) is 6.36 Å². The van der Waals surface area contributed by atoms with Gasteiger partial charge in [0.2, 0.25) is 7.29 Å². The number of anilines is 1. The number of nitrogens with one attached hydrogen (secondary N) is 1. The Hall–Kier alpha value is -2.89. The van der Waals surface area contributed by atoms with E-state index < -0.39 is 13.7 Å². The van der Waals surface area contributed by atoms with Gasteiger partial charge in [-0.25, -0.2) is 0 Å². The number of rotatable bonds is 5. The molecular weight excluding hydrogens is 442 g/mol. The highest BCUT2D eigenvalue weighted by Crippen LogP contribution is 2.60. The molecule has 31 heavy (non-hydrogen) atoms. The minimum absolute atomic E-state index is 0.337. The maximum Gasteiger partial charge on any atom is 0.573 e. The Morgan fingerprint density at radius 3 is 1.68 bits per heavy atom. The maximum absolute atomic E-state index is 13.8. The first kappa shape index (κ1) is 21.3. The van der Waals surface area contributed by atoms with Crippen molar-refractivity contribution in [2.24, 2.45) is 0 Å². The van der Waals surface area contributed by atoms with Gasteiger partial charge in [0.05, 0.1) is 0 Å². The number of hydrogen-bond donors (Lipinski definition) is 1. The summed E-state index contributed by atoms with van der Waals surface area (Å²) in [4.78, 5) is 1.68. The quantitative estimate of drug-likeness (QED) is 0.392. The van der Waals surface area contributed by atoms with Crippen LogP contribution in [0.3, 0.4) is 0 Å². The summed E-state index contributed by atoms with van der Waals surface area (Å²) in [5.74, 6) is 3.05. The number of halogens is 3. The molecular formula is C23H17F3NO2PS. The molecule has 0 saturated carbocycles. The summed E-state index contributed by atoms with van der Waals surface area (Å²) < 4.78 is 54.8. The van der Waals surface area contributed by atoms with E-state index in [0.29, 0.717) is 5.69 Å². The van der Waals surface area contributed by atoms with Gasteiger partial charge in [0.15, 0.2) is 0 Å². The summed E-state index contributed by atoms with van der Waals surface area (Å²) in [6.07, 6.45) is -4.76. The van der Waals surface area contributed by atoms with Crippen molar-refractivity contribution in [3.63, 3.8) is 0 Å². The summed E-state index contributed by atoms with van der Waals surface area (Å²) in [5.41, 5.74) is 2.30. The number of ether oxygens (including phenoxy) is 1. The number of thioether (sulfide) groups is 1. The van der Waals surface area contributed by atoms with E-state index in [1.807, 2.05) is 60.7 Å². The van der Waals surface area contributed by atoms with E-state index in [0.717, 1.165) is 20.9 Å². The van der Waals surface area contributed by atoms with Gasteiger partial charge in [-0.2, -0.15) is 0 Å². The third kappa shape index (κ3) is 5.63. The molecule has 1 aliphatic rings. The fraction of sp³-hybridized carbons (Fsp3) is 0.0435. The van der Waals surface area contributed by atoms with Gasteiger partial charge in [0.25, 0.3) is 0 Å². The Kier molecular flexibility index (Phi) is 5.99. The molecule has 1 heterocycles. The molecule has 1 aliphatic heterocycles. The third-order valence-corrected chi connectivity index (χ3v) is 7.73. The van der Waals surface area contributed by atoms with Crippen LogP contribution in [-0.2, 0) is 4.57 Å². The average molecular weight is 459 g/mol. The van der Waals surface area contributed by atoms with Crippen molar-refractivity contribution < 1.29 is 22.5 Å². The summed E-state index contributed by atoms with van der Waals surface area (Å²) in [5, 5.41) is 3.00. The molecule has 0 aliphatic carbocycles. The lowest BCUT2D eigenvalue weighted by Crippen LogP contribution is -2.16. The van der Waals surface area contributed by atoms with Crippen LogP contribution < -0.4 is 9.82 Å². The van der Waals surface area contributed by atoms with Gasteiger partial charge in [-0.15, -0.1) is 13.2 Å². The van der Waals surface area contributed by atoms with Gasteiger partial charge in [-0.1, -0.05) is 72.4 Å². The van der Waals surface area contributed by atoms with E-state index in [4.69, 9.17) is 0 Å². The monoisotopic (exact) mass is 459 g/mol. The van der Waals surface area contributed by atoms with E-state index >= 15 is 0 Å². The molecule has 0 bridgehead atoms. The van der Waals surface area contributed by atoms with Crippen LogP contribution in [0, 0.1) is 0 Å². The molecule has 3 aromatic rings. The van der Waals surface area contributed by atoms with Crippen molar-refractivity contribution in [3.8, 4) is 5.75 Å². The molecule has 0 aromatic heterocycles. The molecule has 3 nitrogen and oxygen atoms in total. The molecule has 0 unspecified atom stereocenters. The van der Waals surface area contributed by atoms with E-state index in [9.17, 15) is 17.7 Å². The van der Waals surface area contributed by atoms with Crippen LogP contribution in [0.1, 0.15) is 11.1 Å². The zero-order chi connectivity index (χ0) is 21.9. The molecule has 0 saturated heterocycles. The maximum atomic E-state index is 13.8. The molecule has 4 rings (SSSR count). The molecule has 0 amide bonds. The Morgan fingerprint density at radius 1 is 0.742 bits per heavy atom. The average Bonchev–Trinajstić information content (AvgIpc) is 2.75. The SMILES string of the molecule is O=P1(Nc2ccc(OC(F)(F)F)cc2)C=C(c2ccccc2)SC(c2ccccc2)=C1. The molecule has 0 radical (unpaired) electrons. The molecule has 3 aromatic carbocycles. The Morgan fingerprint density at radius 2 is 1.23 bits per heavy atom. The first-order valence-electron chi connectivity index (χ1n) is 9.28. The Bertz CT molecular complexity index is 1100. The molecule has 0 fully saturated rings. The van der Waals surface area contributed by atoms with Crippen molar-refractivity contribution in [2.75, 3.05) is 5.09 Å². The highest BCUT2D eigenvalue weighted by Gasteiger charge is 2.31. The molecule has 0 atom stereocenters. The predicted octanol–water partition coefficient (Wildman–Crippen LogP) is 8.02. The standard InChI is InChI=1S/C23H17F3NO2PS/c24-23(25,26)29-20-13-11-19(12-14-20)27-30(28)15-21(17-7-3-1-4-8-17)31-22(16-30)18-9-5-2-6-10-18/h1-16H,(H,27,28). The van der Waals surface area contributed by atoms with Crippen LogP contribution in [-0.4, -0.2) is 6.36 Å². The third-order valence-electron chi connectivity index (χ3n) is 4.35. The number of alkyl halides is 3. The first-order valence-corrected chi connectivity index (χ1v) is 11.9. The Labute approximate surface area is 182 Å². The lowest BCUT2D eigenvalue weighted by Gasteiger charge is -2.23. The predicted molar refractivity (Wildman–Crippen MR) is 121 cm³/mol. The van der Waals surface area contributed by atoms with Crippen molar-refractivity contribution in [1.29, 1.82) is 0 Å². The molecule has 8 heteroatoms. The lowest BCUT2D eigenvalue weighted by atomic mass is 10.2. The van der Waals surface area contributed by atoms with Gasteiger partial charge in [0, 0.05) is 27.1 Å². The summed E-state index contributed by atoms with van der Waals surface area (Å²) >= 11 is 1.52. The number of benzene rings is 3. The fourth-order valence-corrected chi connectivity index (χ4v) is 6.88. The van der Waals surface area contributed by atoms with Gasteiger partial charge in [0.1, 0.15) is 5.75 Å². The second kappa shape index (κ2) is 8.69. The summed E-state index contributed by atoms with van der Waals surface area (Å²) in [6.45, 7) is 0. The van der Waals surface area contributed by atoms with E-state index in [1.165, 1.54) is 36.0 Å². The zero-order valence-electron chi connectivity index (χ0n) is 16.0. The fourth-order valence-electron chi connectivity index (χ4n) is 3.03. The van der Waals surface area contributed by atoms with Crippen LogP contribution in [0.2, 0.25) is 0 Å². The second-order valence-electron chi connectivity index (χ2n) is 6.71. The van der Waals surface area contributed by atoms with E-state index in [2.05, 4.69) is 9.82 Å². The Balaban J connectivity index is 1.67. The van der Waals surface area contributed by atoms with Crippen molar-refractivity contribution in [1.82, 2.24) is 0 Å². The highest BCUT2D eigenvalue weighted by atomic mass is 32.2. The van der Waals surface area contributed by atoms with Gasteiger partial charge in [-0.3, -0.25) is 4.57 Å². The summed E-state index contributed by atoms with van der Waals surface area (Å²) in [7, 11) is -3.19. The normalized spacial score (nSPS) is 15.6. The first-order chi connectivity index (χ1) is 14.8. The molecule has 1 N–H and O–H groups in total. The van der Waals surface area contributed by atoms with Crippen molar-refractivity contribution in [3.05, 3.63) is 108 Å². The van der Waals surface area contributed by atoms with Gasteiger partial charge >= 0.3 is 6.36 Å². The summed E-state index contributed by atoms with van der Waals surface area (Å²) in [6, 6.07) is 24.4. The lowest BCUT2D eigenvalue weighted by molar-refractivity contribution is -0.274. The highest BCUT2D eigenvalue weighted by molar-refractivity contribution is 8.17.